The Hall–Kier alpha value is -0.520. The van der Waals surface area contributed by atoms with Crippen molar-refractivity contribution < 1.29 is 9.47 Å². The molecule has 0 saturated heterocycles. The Morgan fingerprint density at radius 1 is 1.50 bits per heavy atom. The molecular formula is C8H14O2. The van der Waals surface area contributed by atoms with Gasteiger partial charge in [-0.1, -0.05) is 12.8 Å². The van der Waals surface area contributed by atoms with Crippen LogP contribution in [-0.4, -0.2) is 26.4 Å². The maximum atomic E-state index is 5.22. The van der Waals surface area contributed by atoms with E-state index in [4.69, 9.17) is 15.9 Å². The van der Waals surface area contributed by atoms with Crippen LogP contribution in [0.2, 0.25) is 0 Å². The van der Waals surface area contributed by atoms with E-state index >= 15 is 0 Å². The van der Waals surface area contributed by atoms with E-state index in [1.807, 2.05) is 6.92 Å². The van der Waals surface area contributed by atoms with Gasteiger partial charge in [-0.2, -0.15) is 0 Å². The lowest BCUT2D eigenvalue weighted by atomic mass is 10.3. The van der Waals surface area contributed by atoms with Crippen LogP contribution in [0.5, 0.6) is 0 Å². The smallest absolute Gasteiger partial charge is 0.117 e. The molecule has 0 N–H and O–H groups in total. The van der Waals surface area contributed by atoms with Crippen molar-refractivity contribution >= 4 is 0 Å². The summed E-state index contributed by atoms with van der Waals surface area (Å²) in [6, 6.07) is 0. The Balaban J connectivity index is 3.20. The number of methoxy groups -OCH3 is 1. The Kier molecular flexibility index (Phi) is 6.25. The highest BCUT2D eigenvalue weighted by Crippen LogP contribution is 1.94. The summed E-state index contributed by atoms with van der Waals surface area (Å²) in [5.74, 6) is 2.53. The highest BCUT2D eigenvalue weighted by Gasteiger charge is 1.98. The highest BCUT2D eigenvalue weighted by molar-refractivity contribution is 4.93. The first-order valence-corrected chi connectivity index (χ1v) is 3.41. The fourth-order valence-corrected chi connectivity index (χ4v) is 0.558. The fraction of sp³-hybridized carbons (Fsp3) is 0.750. The molecule has 0 aliphatic carbocycles. The third kappa shape index (κ3) is 4.37. The van der Waals surface area contributed by atoms with Crippen molar-refractivity contribution in [3.63, 3.8) is 0 Å². The monoisotopic (exact) mass is 142 g/mol. The molecule has 0 heterocycles. The molecule has 0 fully saturated rings. The minimum atomic E-state index is -0.0462. The van der Waals surface area contributed by atoms with E-state index in [2.05, 4.69) is 5.92 Å². The quantitative estimate of drug-likeness (QED) is 0.422. The van der Waals surface area contributed by atoms with Gasteiger partial charge in [-0.05, 0) is 6.42 Å². The van der Waals surface area contributed by atoms with E-state index in [-0.39, 0.29) is 6.10 Å². The van der Waals surface area contributed by atoms with Crippen molar-refractivity contribution in [2.75, 3.05) is 20.3 Å². The molecule has 0 aromatic heterocycles. The van der Waals surface area contributed by atoms with E-state index in [0.717, 1.165) is 6.42 Å². The van der Waals surface area contributed by atoms with Gasteiger partial charge in [0.1, 0.15) is 6.10 Å². The van der Waals surface area contributed by atoms with Crippen molar-refractivity contribution in [1.82, 2.24) is 0 Å². The summed E-state index contributed by atoms with van der Waals surface area (Å²) in [6.45, 7) is 3.19. The van der Waals surface area contributed by atoms with Crippen LogP contribution in [0.1, 0.15) is 13.3 Å². The van der Waals surface area contributed by atoms with Crippen LogP contribution in [0.25, 0.3) is 0 Å². The van der Waals surface area contributed by atoms with Crippen LogP contribution in [-0.2, 0) is 9.47 Å². The lowest BCUT2D eigenvalue weighted by Gasteiger charge is -2.07. The zero-order valence-corrected chi connectivity index (χ0v) is 6.59. The predicted molar refractivity (Wildman–Crippen MR) is 40.7 cm³/mol. The van der Waals surface area contributed by atoms with Crippen LogP contribution >= 0.6 is 0 Å². The number of hydrogen-bond acceptors (Lipinski definition) is 2. The first-order chi connectivity index (χ1) is 4.85. The molecule has 2 heteroatoms. The average molecular weight is 142 g/mol. The number of terminal acetylenes is 1. The number of hydrogen-bond donors (Lipinski definition) is 0. The molecule has 0 radical (unpaired) electrons. The molecule has 0 rings (SSSR count). The second-order valence-electron chi connectivity index (χ2n) is 1.93. The maximum absolute atomic E-state index is 5.22. The van der Waals surface area contributed by atoms with E-state index < -0.39 is 0 Å². The van der Waals surface area contributed by atoms with E-state index in [1.54, 1.807) is 7.11 Å². The largest absolute Gasteiger partial charge is 0.382 e. The molecule has 1 atom stereocenters. The zero-order chi connectivity index (χ0) is 7.82. The van der Waals surface area contributed by atoms with Crippen LogP contribution in [0.15, 0.2) is 0 Å². The first-order valence-electron chi connectivity index (χ1n) is 3.41. The standard InChI is InChI=1S/C8H14O2/c1-4-8(5-2)10-7-6-9-3/h1,8H,5-7H2,2-3H3/t8-/m1/s1. The van der Waals surface area contributed by atoms with Crippen molar-refractivity contribution in [2.24, 2.45) is 0 Å². The highest BCUT2D eigenvalue weighted by atomic mass is 16.5. The van der Waals surface area contributed by atoms with Gasteiger partial charge in [0.2, 0.25) is 0 Å². The van der Waals surface area contributed by atoms with Gasteiger partial charge in [0.25, 0.3) is 0 Å². The van der Waals surface area contributed by atoms with Crippen molar-refractivity contribution in [3.8, 4) is 12.3 Å². The summed E-state index contributed by atoms with van der Waals surface area (Å²) < 4.78 is 10.0. The summed E-state index contributed by atoms with van der Waals surface area (Å²) in [5, 5.41) is 0. The minimum Gasteiger partial charge on any atom is -0.382 e. The van der Waals surface area contributed by atoms with E-state index in [0.29, 0.717) is 13.2 Å². The SMILES string of the molecule is C#C[C@H](CC)OCCOC. The molecule has 0 aliphatic rings. The second kappa shape index (κ2) is 6.60. The van der Waals surface area contributed by atoms with Crippen LogP contribution in [0.3, 0.4) is 0 Å². The van der Waals surface area contributed by atoms with Crippen LogP contribution < -0.4 is 0 Å². The molecule has 0 amide bonds. The summed E-state index contributed by atoms with van der Waals surface area (Å²) in [4.78, 5) is 0. The van der Waals surface area contributed by atoms with Gasteiger partial charge in [-0.3, -0.25) is 0 Å². The maximum Gasteiger partial charge on any atom is 0.117 e. The summed E-state index contributed by atoms with van der Waals surface area (Å²) in [5.41, 5.74) is 0. The third-order valence-electron chi connectivity index (χ3n) is 1.16. The molecule has 10 heavy (non-hydrogen) atoms. The second-order valence-corrected chi connectivity index (χ2v) is 1.93. The minimum absolute atomic E-state index is 0.0462. The number of ether oxygens (including phenoxy) is 2. The Morgan fingerprint density at radius 2 is 2.20 bits per heavy atom. The van der Waals surface area contributed by atoms with E-state index in [9.17, 15) is 0 Å². The van der Waals surface area contributed by atoms with Crippen molar-refractivity contribution in [1.29, 1.82) is 0 Å². The molecule has 0 aromatic rings. The van der Waals surface area contributed by atoms with Gasteiger partial charge >= 0.3 is 0 Å². The molecule has 0 aromatic carbocycles. The van der Waals surface area contributed by atoms with Gasteiger partial charge in [0.15, 0.2) is 0 Å². The molecule has 0 bridgehead atoms. The third-order valence-corrected chi connectivity index (χ3v) is 1.16. The van der Waals surface area contributed by atoms with Crippen molar-refractivity contribution in [3.05, 3.63) is 0 Å². The molecule has 58 valence electrons. The van der Waals surface area contributed by atoms with Gasteiger partial charge in [0, 0.05) is 7.11 Å². The summed E-state index contributed by atoms with van der Waals surface area (Å²) in [6.07, 6.45) is 5.96. The van der Waals surface area contributed by atoms with Crippen molar-refractivity contribution in [2.45, 2.75) is 19.4 Å². The Morgan fingerprint density at radius 3 is 2.60 bits per heavy atom. The Bertz CT molecular complexity index is 104. The number of rotatable bonds is 5. The van der Waals surface area contributed by atoms with Gasteiger partial charge in [0.05, 0.1) is 13.2 Å². The topological polar surface area (TPSA) is 18.5 Å². The van der Waals surface area contributed by atoms with Crippen LogP contribution in [0, 0.1) is 12.3 Å². The first kappa shape index (κ1) is 9.48. The van der Waals surface area contributed by atoms with E-state index in [1.165, 1.54) is 0 Å². The normalized spacial score (nSPS) is 12.5. The summed E-state index contributed by atoms with van der Waals surface area (Å²) >= 11 is 0. The molecule has 2 nitrogen and oxygen atoms in total. The summed E-state index contributed by atoms with van der Waals surface area (Å²) in [7, 11) is 1.64. The van der Waals surface area contributed by atoms with Gasteiger partial charge in [-0.15, -0.1) is 6.42 Å². The molecule has 0 aliphatic heterocycles. The molecular weight excluding hydrogens is 128 g/mol. The lowest BCUT2D eigenvalue weighted by molar-refractivity contribution is 0.0424. The predicted octanol–water partition coefficient (Wildman–Crippen LogP) is 1.06. The Labute approximate surface area is 62.5 Å². The molecule has 0 spiro atoms. The van der Waals surface area contributed by atoms with Gasteiger partial charge in [-0.25, -0.2) is 0 Å². The average Bonchev–Trinajstić information content (AvgIpc) is 1.99. The molecule has 0 saturated carbocycles. The molecule has 0 unspecified atom stereocenters. The van der Waals surface area contributed by atoms with Crippen LogP contribution in [0.4, 0.5) is 0 Å². The lowest BCUT2D eigenvalue weighted by Crippen LogP contribution is -2.12. The zero-order valence-electron chi connectivity index (χ0n) is 6.59. The fourth-order valence-electron chi connectivity index (χ4n) is 0.558. The van der Waals surface area contributed by atoms with Gasteiger partial charge < -0.3 is 9.47 Å².